The topological polar surface area (TPSA) is 72.4 Å². The molecule has 3 aromatic carbocycles. The van der Waals surface area contributed by atoms with Crippen LogP contribution in [0, 0.1) is 13.8 Å². The zero-order valence-electron chi connectivity index (χ0n) is 15.1. The predicted octanol–water partition coefficient (Wildman–Crippen LogP) is 4.27. The summed E-state index contributed by atoms with van der Waals surface area (Å²) in [5.74, 6) is 0. The summed E-state index contributed by atoms with van der Waals surface area (Å²) in [6, 6.07) is 20.1. The van der Waals surface area contributed by atoms with Crippen molar-refractivity contribution in [3.8, 4) is 0 Å². The van der Waals surface area contributed by atoms with Crippen molar-refractivity contribution in [3.05, 3.63) is 77.4 Å². The molecule has 0 aliphatic rings. The van der Waals surface area contributed by atoms with Gasteiger partial charge in [-0.3, -0.25) is 4.21 Å². The fraction of sp³-hybridized carbons (Fsp3) is 0.238. The van der Waals surface area contributed by atoms with Crippen molar-refractivity contribution in [2.45, 2.75) is 26.7 Å². The Morgan fingerprint density at radius 2 is 1.54 bits per heavy atom. The Kier molecular flexibility index (Phi) is 7.78. The molecule has 26 heavy (non-hydrogen) atoms. The smallest absolute Gasteiger partial charge is 0.0452 e. The third-order valence-corrected chi connectivity index (χ3v) is 4.34. The SMILES string of the molecule is Cc1ccc(NS(=O)[O-])cc1.Cc1ccc2cc(CCCO)ccc2c1. The van der Waals surface area contributed by atoms with Gasteiger partial charge in [0.15, 0.2) is 0 Å². The highest BCUT2D eigenvalue weighted by atomic mass is 32.2. The molecule has 3 aromatic rings. The van der Waals surface area contributed by atoms with E-state index in [0.717, 1.165) is 18.4 Å². The molecule has 0 aliphatic carbocycles. The lowest BCUT2D eigenvalue weighted by Crippen LogP contribution is -2.01. The normalized spacial score (nSPS) is 11.5. The molecule has 4 nitrogen and oxygen atoms in total. The van der Waals surface area contributed by atoms with Gasteiger partial charge in [-0.1, -0.05) is 59.7 Å². The van der Waals surface area contributed by atoms with Gasteiger partial charge in [0.2, 0.25) is 0 Å². The van der Waals surface area contributed by atoms with Crippen LogP contribution >= 0.6 is 0 Å². The Hall–Kier alpha value is -2.21. The van der Waals surface area contributed by atoms with E-state index in [4.69, 9.17) is 5.11 Å². The van der Waals surface area contributed by atoms with Gasteiger partial charge in [-0.25, -0.2) is 0 Å². The summed E-state index contributed by atoms with van der Waals surface area (Å²) in [5, 5.41) is 11.4. The Balaban J connectivity index is 0.000000197. The minimum absolute atomic E-state index is 0.270. The number of nitrogens with one attached hydrogen (secondary N) is 1. The first-order valence-electron chi connectivity index (χ1n) is 8.50. The molecule has 0 aliphatic heterocycles. The van der Waals surface area contributed by atoms with Crippen LogP contribution in [0.15, 0.2) is 60.7 Å². The van der Waals surface area contributed by atoms with E-state index in [1.54, 1.807) is 12.1 Å². The van der Waals surface area contributed by atoms with Gasteiger partial charge in [0.1, 0.15) is 0 Å². The van der Waals surface area contributed by atoms with Crippen LogP contribution in [-0.2, 0) is 17.7 Å². The van der Waals surface area contributed by atoms with Gasteiger partial charge >= 0.3 is 0 Å². The van der Waals surface area contributed by atoms with Crippen molar-refractivity contribution in [1.82, 2.24) is 0 Å². The highest BCUT2D eigenvalue weighted by Gasteiger charge is 1.97. The zero-order chi connectivity index (χ0) is 18.9. The summed E-state index contributed by atoms with van der Waals surface area (Å²) in [4.78, 5) is 0. The molecular formula is C21H24NO3S-. The third-order valence-electron chi connectivity index (χ3n) is 3.94. The first-order valence-corrected chi connectivity index (χ1v) is 9.58. The van der Waals surface area contributed by atoms with E-state index in [-0.39, 0.29) is 6.61 Å². The van der Waals surface area contributed by atoms with Gasteiger partial charge < -0.3 is 14.4 Å². The second-order valence-electron chi connectivity index (χ2n) is 6.21. The summed E-state index contributed by atoms with van der Waals surface area (Å²) in [5.41, 5.74) is 4.29. The lowest BCUT2D eigenvalue weighted by atomic mass is 10.0. The number of benzene rings is 3. The van der Waals surface area contributed by atoms with Crippen LogP contribution in [0.2, 0.25) is 0 Å². The van der Waals surface area contributed by atoms with Crippen LogP contribution in [0.25, 0.3) is 10.8 Å². The molecule has 0 bridgehead atoms. The van der Waals surface area contributed by atoms with E-state index in [2.05, 4.69) is 48.0 Å². The van der Waals surface area contributed by atoms with Gasteiger partial charge in [0.05, 0.1) is 0 Å². The van der Waals surface area contributed by atoms with Crippen molar-refractivity contribution in [2.24, 2.45) is 0 Å². The number of hydrogen-bond acceptors (Lipinski definition) is 3. The summed E-state index contributed by atoms with van der Waals surface area (Å²) >= 11 is -2.22. The van der Waals surface area contributed by atoms with E-state index >= 15 is 0 Å². The quantitative estimate of drug-likeness (QED) is 0.659. The lowest BCUT2D eigenvalue weighted by Gasteiger charge is -2.07. The van der Waals surface area contributed by atoms with Crippen molar-refractivity contribution in [2.75, 3.05) is 11.3 Å². The molecule has 138 valence electrons. The second-order valence-corrected chi connectivity index (χ2v) is 6.89. The van der Waals surface area contributed by atoms with Gasteiger partial charge in [-0.15, -0.1) is 0 Å². The molecule has 1 unspecified atom stereocenters. The number of aliphatic hydroxyl groups is 1. The molecule has 0 spiro atoms. The van der Waals surface area contributed by atoms with Crippen LogP contribution < -0.4 is 4.72 Å². The van der Waals surface area contributed by atoms with Gasteiger partial charge in [0, 0.05) is 23.6 Å². The first-order chi connectivity index (χ1) is 12.5. The molecule has 0 saturated carbocycles. The lowest BCUT2D eigenvalue weighted by molar-refractivity contribution is 0.288. The van der Waals surface area contributed by atoms with Crippen molar-refractivity contribution >= 4 is 27.7 Å². The summed E-state index contributed by atoms with van der Waals surface area (Å²) in [6.07, 6.45) is 1.80. The fourth-order valence-electron chi connectivity index (χ4n) is 2.57. The molecule has 0 aromatic heterocycles. The van der Waals surface area contributed by atoms with Crippen LogP contribution in [0.3, 0.4) is 0 Å². The first kappa shape index (κ1) is 20.1. The maximum Gasteiger partial charge on any atom is 0.0452 e. The summed E-state index contributed by atoms with van der Waals surface area (Å²) in [6.45, 7) is 4.32. The van der Waals surface area contributed by atoms with Crippen LogP contribution in [0.5, 0.6) is 0 Å². The van der Waals surface area contributed by atoms with E-state index in [1.165, 1.54) is 21.9 Å². The molecule has 0 saturated heterocycles. The Morgan fingerprint density at radius 3 is 2.19 bits per heavy atom. The molecule has 0 heterocycles. The van der Waals surface area contributed by atoms with Crippen LogP contribution in [0.4, 0.5) is 5.69 Å². The minimum Gasteiger partial charge on any atom is -0.755 e. The van der Waals surface area contributed by atoms with E-state index < -0.39 is 11.3 Å². The molecule has 1 atom stereocenters. The van der Waals surface area contributed by atoms with Crippen molar-refractivity contribution < 1.29 is 13.9 Å². The van der Waals surface area contributed by atoms with E-state index in [9.17, 15) is 8.76 Å². The van der Waals surface area contributed by atoms with Gasteiger partial charge in [-0.05, 0) is 55.2 Å². The highest BCUT2D eigenvalue weighted by molar-refractivity contribution is 7.80. The monoisotopic (exact) mass is 370 g/mol. The molecule has 0 radical (unpaired) electrons. The number of fused-ring (bicyclic) bond motifs is 1. The van der Waals surface area contributed by atoms with Crippen LogP contribution in [0.1, 0.15) is 23.1 Å². The molecule has 2 N–H and O–H groups in total. The predicted molar refractivity (Wildman–Crippen MR) is 108 cm³/mol. The number of rotatable bonds is 5. The molecule has 5 heteroatoms. The average Bonchev–Trinajstić information content (AvgIpc) is 2.62. The zero-order valence-corrected chi connectivity index (χ0v) is 15.9. The maximum atomic E-state index is 10.1. The summed E-state index contributed by atoms with van der Waals surface area (Å²) < 4.78 is 22.5. The third kappa shape index (κ3) is 6.59. The molecule has 0 amide bonds. The fourth-order valence-corrected chi connectivity index (χ4v) is 2.90. The van der Waals surface area contributed by atoms with Crippen molar-refractivity contribution in [3.63, 3.8) is 0 Å². The Bertz CT molecular complexity index is 863. The highest BCUT2D eigenvalue weighted by Crippen LogP contribution is 2.18. The molecule has 3 rings (SSSR count). The van der Waals surface area contributed by atoms with E-state index in [1.807, 2.05) is 19.1 Å². The van der Waals surface area contributed by atoms with Crippen LogP contribution in [-0.4, -0.2) is 20.5 Å². The Labute approximate surface area is 157 Å². The number of aliphatic hydroxyl groups excluding tert-OH is 1. The van der Waals surface area contributed by atoms with E-state index in [0.29, 0.717) is 5.69 Å². The minimum atomic E-state index is -2.22. The van der Waals surface area contributed by atoms with Gasteiger partial charge in [-0.2, -0.15) is 0 Å². The number of hydrogen-bond donors (Lipinski definition) is 2. The average molecular weight is 370 g/mol. The standard InChI is InChI=1S/C14H16O.C7H9NO2S/c1-11-4-6-14-10-12(3-2-8-15)5-7-13(14)9-11;1-6-2-4-7(5-3-6)8-11(9)10/h4-7,9-10,15H,2-3,8H2,1H3;2-5,8H,1H3,(H,9,10)/p-1. The molecular weight excluding hydrogens is 346 g/mol. The number of aryl methyl sites for hydroxylation is 3. The summed E-state index contributed by atoms with van der Waals surface area (Å²) in [7, 11) is 0. The maximum absolute atomic E-state index is 10.1. The Morgan fingerprint density at radius 1 is 0.923 bits per heavy atom. The number of anilines is 1. The second kappa shape index (κ2) is 10.1. The largest absolute Gasteiger partial charge is 0.755 e. The van der Waals surface area contributed by atoms with Crippen molar-refractivity contribution in [1.29, 1.82) is 0 Å². The molecule has 0 fully saturated rings. The van der Waals surface area contributed by atoms with Gasteiger partial charge in [0.25, 0.3) is 0 Å².